The van der Waals surface area contributed by atoms with Crippen molar-refractivity contribution >= 4 is 29.9 Å². The minimum absolute atomic E-state index is 0. The van der Waals surface area contributed by atoms with Crippen molar-refractivity contribution in [3.05, 3.63) is 35.9 Å². The van der Waals surface area contributed by atoms with Gasteiger partial charge in [-0.25, -0.2) is 0 Å². The maximum absolute atomic E-state index is 5.98. The number of para-hydroxylation sites is 2. The van der Waals surface area contributed by atoms with Crippen LogP contribution in [-0.4, -0.2) is 54.1 Å². The Bertz CT molecular complexity index is 826. The zero-order valence-corrected chi connectivity index (χ0v) is 21.1. The van der Waals surface area contributed by atoms with Crippen LogP contribution in [0.25, 0.3) is 0 Å². The number of halogens is 1. The molecule has 172 valence electrons. The van der Waals surface area contributed by atoms with Gasteiger partial charge in [0.15, 0.2) is 17.5 Å². The van der Waals surface area contributed by atoms with E-state index >= 15 is 0 Å². The Kier molecular flexibility index (Phi) is 10.9. The Labute approximate surface area is 202 Å². The highest BCUT2D eigenvalue weighted by Gasteiger charge is 2.14. The molecule has 9 heteroatoms. The van der Waals surface area contributed by atoms with Gasteiger partial charge in [-0.3, -0.25) is 4.99 Å². The van der Waals surface area contributed by atoms with Gasteiger partial charge in [0.25, 0.3) is 0 Å². The summed E-state index contributed by atoms with van der Waals surface area (Å²) >= 11 is 0. The SMILES string of the molecule is CN=C(NCCCc1nnc2n1CCCCC2)NCC(C)Oc1ccccc1OC.I. The van der Waals surface area contributed by atoms with E-state index in [1.807, 2.05) is 31.2 Å². The molecule has 1 aliphatic rings. The second-order valence-corrected chi connectivity index (χ2v) is 7.56. The second-order valence-electron chi connectivity index (χ2n) is 7.56. The second kappa shape index (κ2) is 13.4. The summed E-state index contributed by atoms with van der Waals surface area (Å²) in [5.74, 6) is 4.50. The fourth-order valence-electron chi connectivity index (χ4n) is 3.62. The summed E-state index contributed by atoms with van der Waals surface area (Å²) < 4.78 is 13.6. The van der Waals surface area contributed by atoms with Crippen LogP contribution in [0.2, 0.25) is 0 Å². The molecule has 0 fully saturated rings. The number of guanidine groups is 1. The maximum atomic E-state index is 5.98. The molecule has 0 saturated heterocycles. The number of nitrogens with one attached hydrogen (secondary N) is 2. The zero-order valence-electron chi connectivity index (χ0n) is 18.8. The van der Waals surface area contributed by atoms with Gasteiger partial charge in [-0.2, -0.15) is 0 Å². The highest BCUT2D eigenvalue weighted by atomic mass is 127. The molecule has 0 saturated carbocycles. The molecule has 0 bridgehead atoms. The molecule has 31 heavy (non-hydrogen) atoms. The predicted molar refractivity (Wildman–Crippen MR) is 134 cm³/mol. The number of aromatic nitrogens is 3. The minimum Gasteiger partial charge on any atom is -0.493 e. The number of rotatable bonds is 9. The molecule has 1 aliphatic heterocycles. The lowest BCUT2D eigenvalue weighted by atomic mass is 10.2. The topological polar surface area (TPSA) is 85.6 Å². The van der Waals surface area contributed by atoms with Crippen LogP contribution in [0, 0.1) is 0 Å². The summed E-state index contributed by atoms with van der Waals surface area (Å²) in [7, 11) is 3.42. The number of methoxy groups -OCH3 is 1. The monoisotopic (exact) mass is 542 g/mol. The quantitative estimate of drug-likeness (QED) is 0.219. The molecule has 0 aliphatic carbocycles. The predicted octanol–water partition coefficient (Wildman–Crippen LogP) is 3.20. The average Bonchev–Trinajstić information content (AvgIpc) is 2.99. The summed E-state index contributed by atoms with van der Waals surface area (Å²) in [6.45, 7) is 4.53. The van der Waals surface area contributed by atoms with Crippen molar-refractivity contribution in [2.75, 3.05) is 27.2 Å². The smallest absolute Gasteiger partial charge is 0.191 e. The molecule has 0 spiro atoms. The van der Waals surface area contributed by atoms with Crippen LogP contribution in [0.3, 0.4) is 0 Å². The van der Waals surface area contributed by atoms with Crippen molar-refractivity contribution in [3.8, 4) is 11.5 Å². The molecule has 2 aromatic rings. The van der Waals surface area contributed by atoms with E-state index in [0.717, 1.165) is 61.5 Å². The molecule has 1 atom stereocenters. The normalized spacial score (nSPS) is 14.6. The van der Waals surface area contributed by atoms with E-state index in [0.29, 0.717) is 6.54 Å². The zero-order chi connectivity index (χ0) is 21.2. The number of nitrogens with zero attached hydrogens (tertiary/aromatic N) is 4. The number of hydrogen-bond donors (Lipinski definition) is 2. The van der Waals surface area contributed by atoms with Crippen molar-refractivity contribution in [3.63, 3.8) is 0 Å². The largest absolute Gasteiger partial charge is 0.493 e. The molecule has 2 heterocycles. The number of benzene rings is 1. The molecule has 1 aromatic heterocycles. The number of hydrogen-bond acceptors (Lipinski definition) is 5. The Hall–Kier alpha value is -2.04. The first-order chi connectivity index (χ1) is 14.7. The lowest BCUT2D eigenvalue weighted by Crippen LogP contribution is -2.42. The maximum Gasteiger partial charge on any atom is 0.191 e. The standard InChI is InChI=1S/C22H34N6O2.HI/c1-17(30-19-11-7-6-10-18(19)29-3)16-25-22(23-2)24-14-9-13-21-27-26-20-12-5-4-8-15-28(20)21;/h6-7,10-11,17H,4-5,8-9,12-16H2,1-3H3,(H2,23,24,25);1H. The third-order valence-corrected chi connectivity index (χ3v) is 5.23. The van der Waals surface area contributed by atoms with Crippen molar-refractivity contribution in [1.29, 1.82) is 0 Å². The van der Waals surface area contributed by atoms with E-state index in [1.54, 1.807) is 14.2 Å². The Morgan fingerprint density at radius 3 is 2.74 bits per heavy atom. The van der Waals surface area contributed by atoms with Crippen LogP contribution in [0.15, 0.2) is 29.3 Å². The molecule has 0 radical (unpaired) electrons. The molecular formula is C22H35IN6O2. The Balaban J connectivity index is 0.00000341. The highest BCUT2D eigenvalue weighted by molar-refractivity contribution is 14.0. The van der Waals surface area contributed by atoms with Gasteiger partial charge in [0.2, 0.25) is 0 Å². The van der Waals surface area contributed by atoms with Crippen LogP contribution in [-0.2, 0) is 19.4 Å². The van der Waals surface area contributed by atoms with Crippen LogP contribution in [0.1, 0.15) is 44.3 Å². The van der Waals surface area contributed by atoms with Crippen molar-refractivity contribution in [2.24, 2.45) is 4.99 Å². The van der Waals surface area contributed by atoms with E-state index in [1.165, 1.54) is 19.3 Å². The van der Waals surface area contributed by atoms with Crippen LogP contribution in [0.4, 0.5) is 0 Å². The summed E-state index contributed by atoms with van der Waals surface area (Å²) in [6, 6.07) is 7.67. The van der Waals surface area contributed by atoms with E-state index < -0.39 is 0 Å². The summed E-state index contributed by atoms with van der Waals surface area (Å²) in [4.78, 5) is 4.30. The molecule has 1 unspecified atom stereocenters. The van der Waals surface area contributed by atoms with Gasteiger partial charge in [-0.05, 0) is 38.3 Å². The van der Waals surface area contributed by atoms with E-state index in [2.05, 4.69) is 30.4 Å². The number of ether oxygens (including phenoxy) is 2. The van der Waals surface area contributed by atoms with E-state index in [4.69, 9.17) is 9.47 Å². The third kappa shape index (κ3) is 7.55. The Morgan fingerprint density at radius 1 is 1.16 bits per heavy atom. The molecule has 3 rings (SSSR count). The van der Waals surface area contributed by atoms with Crippen molar-refractivity contribution in [2.45, 2.75) is 58.1 Å². The van der Waals surface area contributed by atoms with E-state index in [9.17, 15) is 0 Å². The van der Waals surface area contributed by atoms with Gasteiger partial charge in [0.1, 0.15) is 17.8 Å². The lowest BCUT2D eigenvalue weighted by molar-refractivity contribution is 0.213. The fourth-order valence-corrected chi connectivity index (χ4v) is 3.62. The first-order valence-corrected chi connectivity index (χ1v) is 10.9. The van der Waals surface area contributed by atoms with Gasteiger partial charge in [0.05, 0.1) is 13.7 Å². The molecule has 0 amide bonds. The minimum atomic E-state index is -0.0358. The number of aliphatic imine (C=N–C) groups is 1. The Morgan fingerprint density at radius 2 is 1.97 bits per heavy atom. The molecule has 1 aromatic carbocycles. The van der Waals surface area contributed by atoms with Gasteiger partial charge in [-0.15, -0.1) is 34.2 Å². The average molecular weight is 542 g/mol. The number of aryl methyl sites for hydroxylation is 2. The van der Waals surface area contributed by atoms with Crippen LogP contribution >= 0.6 is 24.0 Å². The number of fused-ring (bicyclic) bond motifs is 1. The van der Waals surface area contributed by atoms with Gasteiger partial charge in [-0.1, -0.05) is 18.6 Å². The van der Waals surface area contributed by atoms with Crippen molar-refractivity contribution in [1.82, 2.24) is 25.4 Å². The van der Waals surface area contributed by atoms with Gasteiger partial charge >= 0.3 is 0 Å². The first-order valence-electron chi connectivity index (χ1n) is 10.9. The highest BCUT2D eigenvalue weighted by Crippen LogP contribution is 2.26. The molecular weight excluding hydrogens is 507 g/mol. The summed E-state index contributed by atoms with van der Waals surface area (Å²) in [5.41, 5.74) is 0. The third-order valence-electron chi connectivity index (χ3n) is 5.23. The van der Waals surface area contributed by atoms with Gasteiger partial charge < -0.3 is 24.7 Å². The van der Waals surface area contributed by atoms with Crippen LogP contribution in [0.5, 0.6) is 11.5 Å². The van der Waals surface area contributed by atoms with Crippen LogP contribution < -0.4 is 20.1 Å². The first kappa shape index (κ1) is 25.2. The van der Waals surface area contributed by atoms with Crippen molar-refractivity contribution < 1.29 is 9.47 Å². The molecule has 2 N–H and O–H groups in total. The van der Waals surface area contributed by atoms with Gasteiger partial charge in [0, 0.05) is 33.0 Å². The summed E-state index contributed by atoms with van der Waals surface area (Å²) in [6.07, 6.45) is 6.65. The molecule has 8 nitrogen and oxygen atoms in total. The summed E-state index contributed by atoms with van der Waals surface area (Å²) in [5, 5.41) is 15.5. The lowest BCUT2D eigenvalue weighted by Gasteiger charge is -2.19. The fraction of sp³-hybridized carbons (Fsp3) is 0.591. The van der Waals surface area contributed by atoms with E-state index in [-0.39, 0.29) is 30.1 Å².